The minimum atomic E-state index is -4.62. The number of nitrogens with zero attached hydrogens (tertiary/aromatic N) is 4. The van der Waals surface area contributed by atoms with Crippen LogP contribution < -0.4 is 14.4 Å². The second-order valence-electron chi connectivity index (χ2n) is 7.76. The van der Waals surface area contributed by atoms with Gasteiger partial charge in [0.25, 0.3) is 0 Å². The van der Waals surface area contributed by atoms with Crippen molar-refractivity contribution in [2.24, 2.45) is 0 Å². The zero-order valence-corrected chi connectivity index (χ0v) is 19.8. The summed E-state index contributed by atoms with van der Waals surface area (Å²) < 4.78 is 76.6. The Balaban J connectivity index is 1.44. The Bertz CT molecular complexity index is 1290. The maximum absolute atomic E-state index is 13.0. The quantitative estimate of drug-likeness (QED) is 0.502. The maximum atomic E-state index is 13.0. The topological polar surface area (TPSA) is 84.9 Å². The van der Waals surface area contributed by atoms with Crippen molar-refractivity contribution in [1.29, 1.82) is 0 Å². The zero-order valence-electron chi connectivity index (χ0n) is 19.0. The van der Waals surface area contributed by atoms with Gasteiger partial charge in [-0.1, -0.05) is 6.07 Å². The van der Waals surface area contributed by atoms with Crippen molar-refractivity contribution < 1.29 is 31.1 Å². The molecular formula is C23H23F3N4O4S. The summed E-state index contributed by atoms with van der Waals surface area (Å²) in [7, 11) is -0.960. The van der Waals surface area contributed by atoms with E-state index in [0.29, 0.717) is 42.2 Å². The largest absolute Gasteiger partial charge is 0.493 e. The summed E-state index contributed by atoms with van der Waals surface area (Å²) in [6.07, 6.45) is -4.62. The molecule has 12 heteroatoms. The standard InChI is InChI=1S/C23H23F3N4O4S/c1-33-20-8-6-16(14-21(20)34-2)19-7-9-22(28-27-19)29-10-12-30(13-11-29)35(31,32)18-5-3-4-17(15-18)23(24,25)26/h3-9,14-15H,10-13H2,1-2H3. The third-order valence-electron chi connectivity index (χ3n) is 5.69. The van der Waals surface area contributed by atoms with Gasteiger partial charge in [-0.2, -0.15) is 17.5 Å². The number of halogens is 3. The summed E-state index contributed by atoms with van der Waals surface area (Å²) in [6.45, 7) is 0.862. The van der Waals surface area contributed by atoms with E-state index >= 15 is 0 Å². The second-order valence-corrected chi connectivity index (χ2v) is 9.70. The van der Waals surface area contributed by atoms with Crippen LogP contribution in [0.4, 0.5) is 19.0 Å². The molecule has 1 aromatic heterocycles. The molecule has 1 fully saturated rings. The highest BCUT2D eigenvalue weighted by molar-refractivity contribution is 7.89. The summed E-state index contributed by atoms with van der Waals surface area (Å²) >= 11 is 0. The van der Waals surface area contributed by atoms with Gasteiger partial charge in [0.1, 0.15) is 0 Å². The number of ether oxygens (including phenoxy) is 2. The molecule has 0 atom stereocenters. The molecule has 2 aromatic carbocycles. The molecule has 186 valence electrons. The van der Waals surface area contributed by atoms with Crippen LogP contribution in [0, 0.1) is 0 Å². The van der Waals surface area contributed by atoms with Crippen LogP contribution in [0.1, 0.15) is 5.56 Å². The molecule has 0 spiro atoms. The van der Waals surface area contributed by atoms with E-state index in [0.717, 1.165) is 17.7 Å². The molecule has 0 bridgehead atoms. The molecule has 1 aliphatic heterocycles. The number of anilines is 1. The first-order valence-electron chi connectivity index (χ1n) is 10.6. The Labute approximate surface area is 201 Å². The van der Waals surface area contributed by atoms with Crippen LogP contribution in [0.25, 0.3) is 11.3 Å². The third kappa shape index (κ3) is 5.17. The average Bonchev–Trinajstić information content (AvgIpc) is 2.88. The normalized spacial score (nSPS) is 15.2. The summed E-state index contributed by atoms with van der Waals surface area (Å²) in [6, 6.07) is 12.8. The van der Waals surface area contributed by atoms with Crippen LogP contribution in [-0.2, 0) is 16.2 Å². The van der Waals surface area contributed by atoms with E-state index in [1.807, 2.05) is 11.0 Å². The molecular weight excluding hydrogens is 485 g/mol. The number of aromatic nitrogens is 2. The summed E-state index contributed by atoms with van der Waals surface area (Å²) in [5, 5.41) is 8.55. The minimum Gasteiger partial charge on any atom is -0.493 e. The molecule has 1 aliphatic rings. The molecule has 1 saturated heterocycles. The second kappa shape index (κ2) is 9.70. The van der Waals surface area contributed by atoms with E-state index in [9.17, 15) is 21.6 Å². The van der Waals surface area contributed by atoms with E-state index in [4.69, 9.17) is 9.47 Å². The van der Waals surface area contributed by atoms with E-state index in [2.05, 4.69) is 10.2 Å². The summed E-state index contributed by atoms with van der Waals surface area (Å²) in [5.41, 5.74) is 0.418. The smallest absolute Gasteiger partial charge is 0.416 e. The lowest BCUT2D eigenvalue weighted by atomic mass is 10.1. The minimum absolute atomic E-state index is 0.109. The van der Waals surface area contributed by atoms with Crippen LogP contribution in [0.2, 0.25) is 0 Å². The van der Waals surface area contributed by atoms with Gasteiger partial charge in [0.2, 0.25) is 10.0 Å². The van der Waals surface area contributed by atoms with Crippen molar-refractivity contribution in [3.63, 3.8) is 0 Å². The fraction of sp³-hybridized carbons (Fsp3) is 0.304. The zero-order chi connectivity index (χ0) is 25.2. The van der Waals surface area contributed by atoms with Crippen molar-refractivity contribution in [2.45, 2.75) is 11.1 Å². The molecule has 0 radical (unpaired) electrons. The third-order valence-corrected chi connectivity index (χ3v) is 7.59. The fourth-order valence-corrected chi connectivity index (χ4v) is 5.25. The Morgan fingerprint density at radius 3 is 2.17 bits per heavy atom. The average molecular weight is 509 g/mol. The molecule has 2 heterocycles. The van der Waals surface area contributed by atoms with Gasteiger partial charge in [-0.05, 0) is 48.5 Å². The van der Waals surface area contributed by atoms with Crippen molar-refractivity contribution in [3.05, 3.63) is 60.2 Å². The molecule has 35 heavy (non-hydrogen) atoms. The lowest BCUT2D eigenvalue weighted by molar-refractivity contribution is -0.137. The number of sulfonamides is 1. The van der Waals surface area contributed by atoms with Gasteiger partial charge < -0.3 is 14.4 Å². The SMILES string of the molecule is COc1ccc(-c2ccc(N3CCN(S(=O)(=O)c4cccc(C(F)(F)F)c4)CC3)nn2)cc1OC. The molecule has 3 aromatic rings. The number of methoxy groups -OCH3 is 2. The van der Waals surface area contributed by atoms with Gasteiger partial charge in [0.05, 0.1) is 30.4 Å². The molecule has 0 saturated carbocycles. The van der Waals surface area contributed by atoms with Gasteiger partial charge in [-0.15, -0.1) is 10.2 Å². The molecule has 4 rings (SSSR count). The first kappa shape index (κ1) is 24.7. The van der Waals surface area contributed by atoms with E-state index < -0.39 is 21.8 Å². The van der Waals surface area contributed by atoms with Gasteiger partial charge in [0.15, 0.2) is 17.3 Å². The van der Waals surface area contributed by atoms with Crippen molar-refractivity contribution in [3.8, 4) is 22.8 Å². The van der Waals surface area contributed by atoms with Gasteiger partial charge in [0, 0.05) is 31.7 Å². The molecule has 0 amide bonds. The van der Waals surface area contributed by atoms with Crippen LogP contribution in [0.5, 0.6) is 11.5 Å². The van der Waals surface area contributed by atoms with Crippen LogP contribution in [0.3, 0.4) is 0 Å². The van der Waals surface area contributed by atoms with Gasteiger partial charge in [-0.3, -0.25) is 0 Å². The first-order valence-corrected chi connectivity index (χ1v) is 12.1. The first-order chi connectivity index (χ1) is 16.6. The fourth-order valence-electron chi connectivity index (χ4n) is 3.78. The Hall–Kier alpha value is -3.38. The summed E-state index contributed by atoms with van der Waals surface area (Å²) in [5.74, 6) is 1.73. The number of alkyl halides is 3. The molecule has 0 N–H and O–H groups in total. The number of benzene rings is 2. The highest BCUT2D eigenvalue weighted by Gasteiger charge is 2.34. The lowest BCUT2D eigenvalue weighted by Gasteiger charge is -2.34. The van der Waals surface area contributed by atoms with Crippen molar-refractivity contribution >= 4 is 15.8 Å². The maximum Gasteiger partial charge on any atom is 0.416 e. The molecule has 8 nitrogen and oxygen atoms in total. The van der Waals surface area contributed by atoms with E-state index in [1.54, 1.807) is 38.5 Å². The van der Waals surface area contributed by atoms with Crippen LogP contribution >= 0.6 is 0 Å². The highest BCUT2D eigenvalue weighted by Crippen LogP contribution is 2.33. The lowest BCUT2D eigenvalue weighted by Crippen LogP contribution is -2.49. The molecule has 0 unspecified atom stereocenters. The highest BCUT2D eigenvalue weighted by atomic mass is 32.2. The molecule has 0 aliphatic carbocycles. The number of hydrogen-bond acceptors (Lipinski definition) is 7. The predicted molar refractivity (Wildman–Crippen MR) is 123 cm³/mol. The Morgan fingerprint density at radius 2 is 1.57 bits per heavy atom. The van der Waals surface area contributed by atoms with Crippen LogP contribution in [-0.4, -0.2) is 63.3 Å². The van der Waals surface area contributed by atoms with E-state index in [-0.39, 0.29) is 18.0 Å². The van der Waals surface area contributed by atoms with E-state index in [1.165, 1.54) is 10.4 Å². The van der Waals surface area contributed by atoms with Gasteiger partial charge in [-0.25, -0.2) is 8.42 Å². The number of rotatable bonds is 6. The van der Waals surface area contributed by atoms with Crippen LogP contribution in [0.15, 0.2) is 59.5 Å². The Morgan fingerprint density at radius 1 is 0.857 bits per heavy atom. The summed E-state index contributed by atoms with van der Waals surface area (Å²) in [4.78, 5) is 1.50. The van der Waals surface area contributed by atoms with Gasteiger partial charge >= 0.3 is 6.18 Å². The predicted octanol–water partition coefficient (Wildman–Crippen LogP) is 3.69. The number of piperazine rings is 1. The monoisotopic (exact) mass is 508 g/mol. The van der Waals surface area contributed by atoms with Crippen molar-refractivity contribution in [2.75, 3.05) is 45.3 Å². The van der Waals surface area contributed by atoms with Crippen molar-refractivity contribution in [1.82, 2.24) is 14.5 Å². The Kier molecular flexibility index (Phi) is 6.86. The number of hydrogen-bond donors (Lipinski definition) is 0.